The molecule has 0 aliphatic heterocycles. The second-order valence-electron chi connectivity index (χ2n) is 5.36. The van der Waals surface area contributed by atoms with E-state index in [4.69, 9.17) is 15.2 Å². The highest BCUT2D eigenvalue weighted by atomic mass is 19.1. The predicted molar refractivity (Wildman–Crippen MR) is 70.8 cm³/mol. The molecule has 1 atom stereocenters. The van der Waals surface area contributed by atoms with Gasteiger partial charge in [0.05, 0.1) is 14.2 Å². The van der Waals surface area contributed by atoms with E-state index in [2.05, 4.69) is 0 Å². The van der Waals surface area contributed by atoms with Crippen LogP contribution in [0.25, 0.3) is 0 Å². The molecule has 0 saturated carbocycles. The molecular weight excluding hydrogens is 233 g/mol. The smallest absolute Gasteiger partial charge is 0.153 e. The van der Waals surface area contributed by atoms with E-state index in [0.29, 0.717) is 17.1 Å². The molecule has 1 aromatic carbocycles. The normalized spacial score (nSPS) is 15.1. The molecule has 0 radical (unpaired) electrons. The Balaban J connectivity index is 3.38. The largest absolute Gasteiger partial charge is 0.497 e. The van der Waals surface area contributed by atoms with Crippen molar-refractivity contribution in [2.75, 3.05) is 20.8 Å². The molecule has 1 aromatic rings. The van der Waals surface area contributed by atoms with E-state index in [1.807, 2.05) is 20.8 Å². The quantitative estimate of drug-likeness (QED) is 0.899. The molecule has 1 rings (SSSR count). The van der Waals surface area contributed by atoms with Crippen LogP contribution in [0, 0.1) is 5.41 Å². The zero-order valence-corrected chi connectivity index (χ0v) is 11.7. The van der Waals surface area contributed by atoms with E-state index in [9.17, 15) is 0 Å². The van der Waals surface area contributed by atoms with Crippen molar-refractivity contribution < 1.29 is 13.9 Å². The summed E-state index contributed by atoms with van der Waals surface area (Å²) in [6.07, 6.45) is 0. The summed E-state index contributed by atoms with van der Waals surface area (Å²) in [4.78, 5) is 0. The molecule has 0 bridgehead atoms. The second kappa shape index (κ2) is 5.14. The maximum atomic E-state index is 15.2. The summed E-state index contributed by atoms with van der Waals surface area (Å²) >= 11 is 0. The Labute approximate surface area is 108 Å². The highest BCUT2D eigenvalue weighted by Crippen LogP contribution is 2.44. The van der Waals surface area contributed by atoms with Gasteiger partial charge in [-0.25, -0.2) is 4.39 Å². The van der Waals surface area contributed by atoms with Crippen molar-refractivity contribution in [2.45, 2.75) is 26.4 Å². The van der Waals surface area contributed by atoms with Gasteiger partial charge in [0.2, 0.25) is 0 Å². The van der Waals surface area contributed by atoms with Crippen molar-refractivity contribution in [1.29, 1.82) is 0 Å². The Morgan fingerprint density at radius 2 is 1.50 bits per heavy atom. The molecule has 0 heterocycles. The number of halogens is 1. The van der Waals surface area contributed by atoms with Crippen molar-refractivity contribution in [1.82, 2.24) is 0 Å². The summed E-state index contributed by atoms with van der Waals surface area (Å²) in [5.74, 6) is 1.12. The molecule has 0 saturated heterocycles. The number of hydrogen-bond acceptors (Lipinski definition) is 3. The average molecular weight is 255 g/mol. The Kier molecular flexibility index (Phi) is 4.22. The summed E-state index contributed by atoms with van der Waals surface area (Å²) < 4.78 is 25.5. The lowest BCUT2D eigenvalue weighted by molar-refractivity contribution is 0.0339. The van der Waals surface area contributed by atoms with Gasteiger partial charge in [-0.2, -0.15) is 0 Å². The first-order valence-electron chi connectivity index (χ1n) is 5.91. The van der Waals surface area contributed by atoms with Crippen molar-refractivity contribution in [2.24, 2.45) is 11.1 Å². The Hall–Kier alpha value is -1.29. The summed E-state index contributed by atoms with van der Waals surface area (Å²) in [7, 11) is 3.08. The van der Waals surface area contributed by atoms with Crippen LogP contribution >= 0.6 is 0 Å². The number of alkyl halides is 1. The average Bonchev–Trinajstić information content (AvgIpc) is 2.35. The first-order valence-corrected chi connectivity index (χ1v) is 5.91. The van der Waals surface area contributed by atoms with Crippen LogP contribution in [0.1, 0.15) is 26.3 Å². The van der Waals surface area contributed by atoms with Gasteiger partial charge in [-0.3, -0.25) is 0 Å². The molecule has 3 nitrogen and oxygen atoms in total. The van der Waals surface area contributed by atoms with Crippen LogP contribution in [0.2, 0.25) is 0 Å². The summed E-state index contributed by atoms with van der Waals surface area (Å²) in [6, 6.07) is 5.05. The lowest BCUT2D eigenvalue weighted by Crippen LogP contribution is -2.42. The van der Waals surface area contributed by atoms with Gasteiger partial charge in [-0.1, -0.05) is 20.8 Å². The highest BCUT2D eigenvalue weighted by Gasteiger charge is 2.43. The maximum absolute atomic E-state index is 15.2. The van der Waals surface area contributed by atoms with Crippen molar-refractivity contribution >= 4 is 0 Å². The van der Waals surface area contributed by atoms with Crippen LogP contribution < -0.4 is 15.2 Å². The summed E-state index contributed by atoms with van der Waals surface area (Å²) in [5.41, 5.74) is 3.89. The van der Waals surface area contributed by atoms with Crippen molar-refractivity contribution in [3.8, 4) is 11.5 Å². The van der Waals surface area contributed by atoms with Crippen LogP contribution in [0.5, 0.6) is 11.5 Å². The molecule has 0 aliphatic carbocycles. The molecule has 2 N–H and O–H groups in total. The second-order valence-corrected chi connectivity index (χ2v) is 5.36. The molecule has 0 fully saturated rings. The van der Waals surface area contributed by atoms with Gasteiger partial charge in [-0.15, -0.1) is 0 Å². The number of methoxy groups -OCH3 is 2. The molecule has 18 heavy (non-hydrogen) atoms. The van der Waals surface area contributed by atoms with Gasteiger partial charge in [0.15, 0.2) is 5.67 Å². The molecule has 4 heteroatoms. The standard InChI is InChI=1S/C14H22FNO2/c1-13(2,3)14(15,9-16)10-6-11(17-4)8-12(7-10)18-5/h6-8H,9,16H2,1-5H3. The zero-order valence-electron chi connectivity index (χ0n) is 11.7. The molecule has 0 aromatic heterocycles. The minimum Gasteiger partial charge on any atom is -0.497 e. The van der Waals surface area contributed by atoms with Crippen LogP contribution in [-0.4, -0.2) is 20.8 Å². The molecule has 102 valence electrons. The molecule has 0 amide bonds. The lowest BCUT2D eigenvalue weighted by atomic mass is 9.73. The van der Waals surface area contributed by atoms with Crippen LogP contribution in [-0.2, 0) is 5.67 Å². The minimum atomic E-state index is -1.63. The van der Waals surface area contributed by atoms with Gasteiger partial charge in [0.1, 0.15) is 11.5 Å². The van der Waals surface area contributed by atoms with E-state index < -0.39 is 11.1 Å². The Bertz CT molecular complexity index is 392. The fourth-order valence-corrected chi connectivity index (χ4v) is 1.89. The first-order chi connectivity index (χ1) is 8.28. The molecule has 1 unspecified atom stereocenters. The number of rotatable bonds is 4. The fraction of sp³-hybridized carbons (Fsp3) is 0.571. The van der Waals surface area contributed by atoms with Gasteiger partial charge in [-0.05, 0) is 17.7 Å². The number of ether oxygens (including phenoxy) is 2. The van der Waals surface area contributed by atoms with Crippen LogP contribution in [0.3, 0.4) is 0 Å². The number of nitrogens with two attached hydrogens (primary N) is 1. The zero-order chi connectivity index (χ0) is 14.0. The third-order valence-electron chi connectivity index (χ3n) is 3.28. The van der Waals surface area contributed by atoms with E-state index in [1.54, 1.807) is 18.2 Å². The minimum absolute atomic E-state index is 0.0905. The predicted octanol–water partition coefficient (Wildman–Crippen LogP) is 2.87. The van der Waals surface area contributed by atoms with Crippen molar-refractivity contribution in [3.05, 3.63) is 23.8 Å². The first kappa shape index (κ1) is 14.8. The third-order valence-corrected chi connectivity index (χ3v) is 3.28. The topological polar surface area (TPSA) is 44.5 Å². The Morgan fingerprint density at radius 1 is 1.06 bits per heavy atom. The summed E-state index contributed by atoms with van der Waals surface area (Å²) in [6.45, 7) is 5.39. The van der Waals surface area contributed by atoms with Crippen LogP contribution in [0.15, 0.2) is 18.2 Å². The van der Waals surface area contributed by atoms with E-state index in [0.717, 1.165) is 0 Å². The fourth-order valence-electron chi connectivity index (χ4n) is 1.89. The van der Waals surface area contributed by atoms with E-state index in [-0.39, 0.29) is 6.54 Å². The molecule has 0 spiro atoms. The molecule has 0 aliphatic rings. The SMILES string of the molecule is COc1cc(OC)cc(C(F)(CN)C(C)(C)C)c1. The number of hydrogen-bond donors (Lipinski definition) is 1. The Morgan fingerprint density at radius 3 is 1.78 bits per heavy atom. The van der Waals surface area contributed by atoms with Crippen LogP contribution in [0.4, 0.5) is 4.39 Å². The van der Waals surface area contributed by atoms with Gasteiger partial charge < -0.3 is 15.2 Å². The maximum Gasteiger partial charge on any atom is 0.153 e. The number of benzene rings is 1. The van der Waals surface area contributed by atoms with Gasteiger partial charge in [0, 0.05) is 18.0 Å². The molecular formula is C14H22FNO2. The van der Waals surface area contributed by atoms with Crippen molar-refractivity contribution in [3.63, 3.8) is 0 Å². The van der Waals surface area contributed by atoms with Gasteiger partial charge in [0.25, 0.3) is 0 Å². The van der Waals surface area contributed by atoms with Gasteiger partial charge >= 0.3 is 0 Å². The highest BCUT2D eigenvalue weighted by molar-refractivity contribution is 5.42. The van der Waals surface area contributed by atoms with E-state index in [1.165, 1.54) is 14.2 Å². The monoisotopic (exact) mass is 255 g/mol. The van der Waals surface area contributed by atoms with E-state index >= 15 is 4.39 Å². The third kappa shape index (κ3) is 2.58. The lowest BCUT2D eigenvalue weighted by Gasteiger charge is -2.37. The summed E-state index contributed by atoms with van der Waals surface area (Å²) in [5, 5.41) is 0.